The quantitative estimate of drug-likeness (QED) is 0.890. The summed E-state index contributed by atoms with van der Waals surface area (Å²) in [6, 6.07) is 1.49. The van der Waals surface area contributed by atoms with Gasteiger partial charge in [0.05, 0.1) is 23.1 Å². The lowest BCUT2D eigenvalue weighted by Gasteiger charge is -2.18. The number of amides is 2. The molecule has 1 N–H and O–H groups in total. The minimum absolute atomic E-state index is 0.0558. The van der Waals surface area contributed by atoms with Gasteiger partial charge in [-0.15, -0.1) is 0 Å². The van der Waals surface area contributed by atoms with Crippen molar-refractivity contribution in [3.05, 3.63) is 22.3 Å². The van der Waals surface area contributed by atoms with Crippen molar-refractivity contribution in [1.82, 2.24) is 14.8 Å². The summed E-state index contributed by atoms with van der Waals surface area (Å²) in [5, 5.41) is 3.22. The second-order valence-electron chi connectivity index (χ2n) is 4.49. The molecule has 0 saturated carbocycles. The number of halogens is 2. The van der Waals surface area contributed by atoms with E-state index in [0.29, 0.717) is 5.02 Å². The number of nitrogens with zero attached hydrogens (tertiary/aromatic N) is 3. The van der Waals surface area contributed by atoms with Crippen LogP contribution in [0.4, 0.5) is 5.82 Å². The van der Waals surface area contributed by atoms with E-state index in [9.17, 15) is 9.59 Å². The molecule has 0 aliphatic rings. The number of likely N-dealkylation sites (N-methyl/N-ethyl adjacent to an activating group) is 2. The molecule has 0 unspecified atom stereocenters. The first kappa shape index (κ1) is 16.7. The predicted molar refractivity (Wildman–Crippen MR) is 79.1 cm³/mol. The van der Waals surface area contributed by atoms with Gasteiger partial charge in [0, 0.05) is 20.3 Å². The van der Waals surface area contributed by atoms with Crippen LogP contribution in [0.3, 0.4) is 0 Å². The standard InChI is InChI=1S/C12H16Cl2N4O2/c1-17(2)11(20)7-18(3)6-10(19)16-12-9(14)4-8(13)5-15-12/h4-5H,6-7H2,1-3H3,(H,15,16,19). The normalized spacial score (nSPS) is 10.5. The Balaban J connectivity index is 2.53. The molecule has 0 fully saturated rings. The fourth-order valence-corrected chi connectivity index (χ4v) is 1.78. The van der Waals surface area contributed by atoms with E-state index in [4.69, 9.17) is 23.2 Å². The van der Waals surface area contributed by atoms with Crippen molar-refractivity contribution in [2.45, 2.75) is 0 Å². The summed E-state index contributed by atoms with van der Waals surface area (Å²) in [5.74, 6) is -0.146. The lowest BCUT2D eigenvalue weighted by molar-refractivity contribution is -0.130. The lowest BCUT2D eigenvalue weighted by atomic mass is 10.4. The predicted octanol–water partition coefficient (Wildman–Crippen LogP) is 1.35. The largest absolute Gasteiger partial charge is 0.348 e. The summed E-state index contributed by atoms with van der Waals surface area (Å²) >= 11 is 11.6. The molecule has 0 saturated heterocycles. The Morgan fingerprint density at radius 2 is 1.90 bits per heavy atom. The van der Waals surface area contributed by atoms with E-state index < -0.39 is 0 Å². The topological polar surface area (TPSA) is 65.5 Å². The van der Waals surface area contributed by atoms with Crippen molar-refractivity contribution < 1.29 is 9.59 Å². The zero-order chi connectivity index (χ0) is 15.3. The Bertz CT molecular complexity index is 508. The molecule has 2 amide bonds. The Labute approximate surface area is 127 Å². The van der Waals surface area contributed by atoms with E-state index in [-0.39, 0.29) is 35.7 Å². The first-order chi connectivity index (χ1) is 9.29. The van der Waals surface area contributed by atoms with Gasteiger partial charge in [0.2, 0.25) is 11.8 Å². The third-order valence-corrected chi connectivity index (χ3v) is 2.88. The highest BCUT2D eigenvalue weighted by Crippen LogP contribution is 2.22. The van der Waals surface area contributed by atoms with Crippen molar-refractivity contribution in [2.24, 2.45) is 0 Å². The van der Waals surface area contributed by atoms with Gasteiger partial charge >= 0.3 is 0 Å². The molecule has 1 heterocycles. The molecule has 1 aromatic rings. The summed E-state index contributed by atoms with van der Waals surface area (Å²) in [6.07, 6.45) is 1.39. The molecule has 0 radical (unpaired) electrons. The Morgan fingerprint density at radius 1 is 1.25 bits per heavy atom. The van der Waals surface area contributed by atoms with E-state index in [1.807, 2.05) is 0 Å². The number of carbonyl (C=O) groups excluding carboxylic acids is 2. The van der Waals surface area contributed by atoms with Gasteiger partial charge in [0.25, 0.3) is 0 Å². The van der Waals surface area contributed by atoms with Crippen molar-refractivity contribution in [2.75, 3.05) is 39.5 Å². The highest BCUT2D eigenvalue weighted by atomic mass is 35.5. The van der Waals surface area contributed by atoms with E-state index in [2.05, 4.69) is 10.3 Å². The van der Waals surface area contributed by atoms with Crippen LogP contribution in [0.5, 0.6) is 0 Å². The molecule has 0 atom stereocenters. The van der Waals surface area contributed by atoms with Gasteiger partial charge in [0.15, 0.2) is 5.82 Å². The molecular formula is C12H16Cl2N4O2. The highest BCUT2D eigenvalue weighted by Gasteiger charge is 2.13. The molecule has 0 aliphatic carbocycles. The number of aromatic nitrogens is 1. The van der Waals surface area contributed by atoms with Gasteiger partial charge in [-0.1, -0.05) is 23.2 Å². The van der Waals surface area contributed by atoms with Crippen LogP contribution in [0.1, 0.15) is 0 Å². The zero-order valence-corrected chi connectivity index (χ0v) is 13.0. The van der Waals surface area contributed by atoms with Crippen molar-refractivity contribution in [1.29, 1.82) is 0 Å². The molecule has 0 aromatic carbocycles. The van der Waals surface area contributed by atoms with Crippen LogP contribution in [0.2, 0.25) is 10.0 Å². The Morgan fingerprint density at radius 3 is 2.45 bits per heavy atom. The SMILES string of the molecule is CN(CC(=O)Nc1ncc(Cl)cc1Cl)CC(=O)N(C)C. The van der Waals surface area contributed by atoms with Crippen molar-refractivity contribution in [3.63, 3.8) is 0 Å². The summed E-state index contributed by atoms with van der Waals surface area (Å²) in [5.41, 5.74) is 0. The summed E-state index contributed by atoms with van der Waals surface area (Å²) in [7, 11) is 5.00. The van der Waals surface area contributed by atoms with Crippen LogP contribution < -0.4 is 5.32 Å². The van der Waals surface area contributed by atoms with E-state index in [0.717, 1.165) is 0 Å². The Kier molecular flexibility index (Phi) is 6.19. The van der Waals surface area contributed by atoms with Gasteiger partial charge in [-0.25, -0.2) is 4.98 Å². The molecule has 6 nitrogen and oxygen atoms in total. The summed E-state index contributed by atoms with van der Waals surface area (Å²) in [6.45, 7) is 0.211. The van der Waals surface area contributed by atoms with Crippen molar-refractivity contribution >= 4 is 40.8 Å². The average molecular weight is 319 g/mol. The number of rotatable bonds is 5. The maximum atomic E-state index is 11.8. The maximum absolute atomic E-state index is 11.8. The van der Waals surface area contributed by atoms with Crippen LogP contribution >= 0.6 is 23.2 Å². The molecule has 1 aromatic heterocycles. The van der Waals surface area contributed by atoms with E-state index in [1.54, 1.807) is 26.0 Å². The molecule has 20 heavy (non-hydrogen) atoms. The second-order valence-corrected chi connectivity index (χ2v) is 5.34. The molecular weight excluding hydrogens is 303 g/mol. The number of nitrogens with one attached hydrogen (secondary N) is 1. The highest BCUT2D eigenvalue weighted by molar-refractivity contribution is 6.36. The minimum Gasteiger partial charge on any atom is -0.348 e. The van der Waals surface area contributed by atoms with Crippen LogP contribution in [0.25, 0.3) is 0 Å². The molecule has 110 valence electrons. The fraction of sp³-hybridized carbons (Fsp3) is 0.417. The third kappa shape index (κ3) is 5.32. The molecule has 8 heteroatoms. The van der Waals surface area contributed by atoms with Gasteiger partial charge in [-0.3, -0.25) is 14.5 Å². The van der Waals surface area contributed by atoms with Crippen LogP contribution in [0, 0.1) is 0 Å². The van der Waals surface area contributed by atoms with Crippen LogP contribution in [-0.4, -0.2) is 60.8 Å². The third-order valence-electron chi connectivity index (χ3n) is 2.38. The molecule has 1 rings (SSSR count). The van der Waals surface area contributed by atoms with Gasteiger partial charge in [-0.05, 0) is 13.1 Å². The second kappa shape index (κ2) is 7.42. The van der Waals surface area contributed by atoms with Gasteiger partial charge in [0.1, 0.15) is 0 Å². The van der Waals surface area contributed by atoms with Gasteiger partial charge in [-0.2, -0.15) is 0 Å². The van der Waals surface area contributed by atoms with Crippen LogP contribution in [0.15, 0.2) is 12.3 Å². The molecule has 0 bridgehead atoms. The Hall–Kier alpha value is -1.37. The number of hydrogen-bond donors (Lipinski definition) is 1. The number of hydrogen-bond acceptors (Lipinski definition) is 4. The monoisotopic (exact) mass is 318 g/mol. The van der Waals surface area contributed by atoms with Crippen molar-refractivity contribution in [3.8, 4) is 0 Å². The minimum atomic E-state index is -0.309. The first-order valence-electron chi connectivity index (χ1n) is 5.79. The smallest absolute Gasteiger partial charge is 0.239 e. The lowest BCUT2D eigenvalue weighted by Crippen LogP contribution is -2.38. The van der Waals surface area contributed by atoms with E-state index >= 15 is 0 Å². The molecule has 0 aliphatic heterocycles. The number of anilines is 1. The van der Waals surface area contributed by atoms with E-state index in [1.165, 1.54) is 17.2 Å². The summed E-state index contributed by atoms with van der Waals surface area (Å²) in [4.78, 5) is 30.3. The average Bonchev–Trinajstić information content (AvgIpc) is 2.32. The fourth-order valence-electron chi connectivity index (χ4n) is 1.35. The summed E-state index contributed by atoms with van der Waals surface area (Å²) < 4.78 is 0. The number of carbonyl (C=O) groups is 2. The van der Waals surface area contributed by atoms with Crippen LogP contribution in [-0.2, 0) is 9.59 Å². The maximum Gasteiger partial charge on any atom is 0.239 e. The zero-order valence-electron chi connectivity index (χ0n) is 11.5. The molecule has 0 spiro atoms. The number of pyridine rings is 1. The van der Waals surface area contributed by atoms with Gasteiger partial charge < -0.3 is 10.2 Å². The first-order valence-corrected chi connectivity index (χ1v) is 6.54.